The first-order valence-corrected chi connectivity index (χ1v) is 6.98. The maximum absolute atomic E-state index is 12.2. The molecule has 7 nitrogen and oxygen atoms in total. The molecule has 0 bridgehead atoms. The quantitative estimate of drug-likeness (QED) is 0.773. The zero-order valence-corrected chi connectivity index (χ0v) is 12.3. The van der Waals surface area contributed by atoms with Crippen LogP contribution in [0.15, 0.2) is 0 Å². The first-order chi connectivity index (χ1) is 9.54. The van der Waals surface area contributed by atoms with Crippen molar-refractivity contribution in [2.45, 2.75) is 46.6 Å². The number of amides is 1. The van der Waals surface area contributed by atoms with Crippen LogP contribution in [0.1, 0.15) is 49.8 Å². The highest BCUT2D eigenvalue weighted by molar-refractivity contribution is 5.86. The maximum Gasteiger partial charge on any atom is 0.358 e. The Bertz CT molecular complexity index is 464. The van der Waals surface area contributed by atoms with Crippen molar-refractivity contribution in [1.29, 1.82) is 0 Å². The highest BCUT2D eigenvalue weighted by Crippen LogP contribution is 2.07. The molecule has 0 fully saturated rings. The van der Waals surface area contributed by atoms with Crippen molar-refractivity contribution in [3.05, 3.63) is 11.4 Å². The fourth-order valence-corrected chi connectivity index (χ4v) is 2.11. The van der Waals surface area contributed by atoms with Crippen molar-refractivity contribution < 1.29 is 14.7 Å². The fraction of sp³-hybridized carbons (Fsp3) is 0.692. The van der Waals surface area contributed by atoms with Gasteiger partial charge >= 0.3 is 5.97 Å². The SMILES string of the molecule is CCCN(CCC)C(=O)Cn1nnc(C(=O)O)c1CC. The molecule has 112 valence electrons. The molecule has 1 aromatic rings. The molecule has 7 heteroatoms. The fourth-order valence-electron chi connectivity index (χ4n) is 2.11. The molecule has 1 N–H and O–H groups in total. The van der Waals surface area contributed by atoms with E-state index in [0.29, 0.717) is 25.2 Å². The van der Waals surface area contributed by atoms with E-state index in [9.17, 15) is 9.59 Å². The Morgan fingerprint density at radius 1 is 1.20 bits per heavy atom. The normalized spacial score (nSPS) is 10.6. The molecular weight excluding hydrogens is 260 g/mol. The molecule has 1 rings (SSSR count). The van der Waals surface area contributed by atoms with Gasteiger partial charge < -0.3 is 10.0 Å². The Morgan fingerprint density at radius 2 is 1.80 bits per heavy atom. The molecule has 0 unspecified atom stereocenters. The minimum Gasteiger partial charge on any atom is -0.476 e. The summed E-state index contributed by atoms with van der Waals surface area (Å²) in [7, 11) is 0. The number of carboxylic acid groups (broad SMARTS) is 1. The average molecular weight is 282 g/mol. The average Bonchev–Trinajstić information content (AvgIpc) is 2.81. The molecule has 1 amide bonds. The van der Waals surface area contributed by atoms with E-state index in [-0.39, 0.29) is 18.1 Å². The minimum atomic E-state index is -1.11. The number of nitrogens with zero attached hydrogens (tertiary/aromatic N) is 4. The summed E-state index contributed by atoms with van der Waals surface area (Å²) >= 11 is 0. The third-order valence-electron chi connectivity index (χ3n) is 3.00. The molecule has 0 spiro atoms. The van der Waals surface area contributed by atoms with Crippen LogP contribution in [-0.2, 0) is 17.8 Å². The topological polar surface area (TPSA) is 88.3 Å². The number of hydrogen-bond acceptors (Lipinski definition) is 4. The van der Waals surface area contributed by atoms with Gasteiger partial charge in [0.1, 0.15) is 6.54 Å². The van der Waals surface area contributed by atoms with Crippen molar-refractivity contribution in [3.8, 4) is 0 Å². The molecule has 0 aromatic carbocycles. The van der Waals surface area contributed by atoms with Crippen molar-refractivity contribution in [2.24, 2.45) is 0 Å². The van der Waals surface area contributed by atoms with E-state index in [2.05, 4.69) is 10.3 Å². The van der Waals surface area contributed by atoms with Gasteiger partial charge in [0.2, 0.25) is 5.91 Å². The summed E-state index contributed by atoms with van der Waals surface area (Å²) in [6.45, 7) is 7.31. The Morgan fingerprint density at radius 3 is 2.25 bits per heavy atom. The summed E-state index contributed by atoms with van der Waals surface area (Å²) < 4.78 is 1.39. The number of carboxylic acids is 1. The first-order valence-electron chi connectivity index (χ1n) is 6.98. The largest absolute Gasteiger partial charge is 0.476 e. The van der Waals surface area contributed by atoms with Crippen LogP contribution in [0.25, 0.3) is 0 Å². The lowest BCUT2D eigenvalue weighted by Gasteiger charge is -2.21. The van der Waals surface area contributed by atoms with Gasteiger partial charge in [-0.2, -0.15) is 0 Å². The number of aromatic nitrogens is 3. The van der Waals surface area contributed by atoms with E-state index in [0.717, 1.165) is 12.8 Å². The third-order valence-corrected chi connectivity index (χ3v) is 3.00. The first kappa shape index (κ1) is 16.1. The molecule has 0 saturated heterocycles. The summed E-state index contributed by atoms with van der Waals surface area (Å²) in [5.74, 6) is -1.16. The molecule has 0 aliphatic heterocycles. The third kappa shape index (κ3) is 3.79. The van der Waals surface area contributed by atoms with E-state index in [1.54, 1.807) is 4.90 Å². The van der Waals surface area contributed by atoms with Crippen LogP contribution in [0.4, 0.5) is 0 Å². The molecule has 0 aliphatic rings. The van der Waals surface area contributed by atoms with Crippen LogP contribution >= 0.6 is 0 Å². The predicted molar refractivity (Wildman–Crippen MR) is 73.5 cm³/mol. The van der Waals surface area contributed by atoms with Crippen molar-refractivity contribution in [1.82, 2.24) is 19.9 Å². The summed E-state index contributed by atoms with van der Waals surface area (Å²) in [5.41, 5.74) is 0.414. The van der Waals surface area contributed by atoms with Gasteiger partial charge in [-0.15, -0.1) is 5.10 Å². The standard InChI is InChI=1S/C13H22N4O3/c1-4-7-16(8-5-2)11(18)9-17-10(6-3)12(13(19)20)14-15-17/h4-9H2,1-3H3,(H,19,20). The minimum absolute atomic E-state index is 0.0451. The van der Waals surface area contributed by atoms with Crippen LogP contribution in [0, 0.1) is 0 Å². The van der Waals surface area contributed by atoms with Gasteiger partial charge in [-0.3, -0.25) is 4.79 Å². The molecule has 1 heterocycles. The highest BCUT2D eigenvalue weighted by atomic mass is 16.4. The number of carbonyl (C=O) groups is 2. The van der Waals surface area contributed by atoms with Crippen LogP contribution in [0.2, 0.25) is 0 Å². The summed E-state index contributed by atoms with van der Waals surface area (Å²) in [5, 5.41) is 16.4. The Kier molecular flexibility index (Phi) is 6.14. The van der Waals surface area contributed by atoms with Crippen LogP contribution in [0.3, 0.4) is 0 Å². The van der Waals surface area contributed by atoms with E-state index in [4.69, 9.17) is 5.11 Å². The van der Waals surface area contributed by atoms with Gasteiger partial charge in [-0.05, 0) is 19.3 Å². The monoisotopic (exact) mass is 282 g/mol. The molecule has 20 heavy (non-hydrogen) atoms. The van der Waals surface area contributed by atoms with Gasteiger partial charge in [0, 0.05) is 13.1 Å². The lowest BCUT2D eigenvalue weighted by Crippen LogP contribution is -2.35. The molecule has 0 aliphatic carbocycles. The Hall–Kier alpha value is -1.92. The summed E-state index contributed by atoms with van der Waals surface area (Å²) in [4.78, 5) is 25.0. The van der Waals surface area contributed by atoms with E-state index >= 15 is 0 Å². The lowest BCUT2D eigenvalue weighted by molar-refractivity contribution is -0.132. The summed E-state index contributed by atoms with van der Waals surface area (Å²) in [6, 6.07) is 0. The molecule has 1 aromatic heterocycles. The number of rotatable bonds is 8. The molecular formula is C13H22N4O3. The maximum atomic E-state index is 12.2. The van der Waals surface area contributed by atoms with E-state index in [1.807, 2.05) is 20.8 Å². The lowest BCUT2D eigenvalue weighted by atomic mass is 10.2. The molecule has 0 atom stereocenters. The predicted octanol–water partition coefficient (Wildman–Crippen LogP) is 1.19. The second-order valence-corrected chi connectivity index (χ2v) is 4.58. The number of hydrogen-bond donors (Lipinski definition) is 1. The van der Waals surface area contributed by atoms with Crippen LogP contribution < -0.4 is 0 Å². The Balaban J connectivity index is 2.86. The van der Waals surface area contributed by atoms with Crippen LogP contribution in [-0.4, -0.2) is 50.0 Å². The van der Waals surface area contributed by atoms with Gasteiger partial charge in [-0.25, -0.2) is 9.48 Å². The van der Waals surface area contributed by atoms with Gasteiger partial charge in [0.05, 0.1) is 5.69 Å². The zero-order chi connectivity index (χ0) is 15.1. The molecule has 0 saturated carbocycles. The second-order valence-electron chi connectivity index (χ2n) is 4.58. The second kappa shape index (κ2) is 7.62. The van der Waals surface area contributed by atoms with E-state index < -0.39 is 5.97 Å². The van der Waals surface area contributed by atoms with Gasteiger partial charge in [0.15, 0.2) is 5.69 Å². The van der Waals surface area contributed by atoms with Crippen molar-refractivity contribution >= 4 is 11.9 Å². The van der Waals surface area contributed by atoms with Gasteiger partial charge in [-0.1, -0.05) is 26.0 Å². The highest BCUT2D eigenvalue weighted by Gasteiger charge is 2.20. The number of carbonyl (C=O) groups excluding carboxylic acids is 1. The van der Waals surface area contributed by atoms with Crippen LogP contribution in [0.5, 0.6) is 0 Å². The smallest absolute Gasteiger partial charge is 0.358 e. The Labute approximate surface area is 118 Å². The van der Waals surface area contributed by atoms with Crippen molar-refractivity contribution in [3.63, 3.8) is 0 Å². The van der Waals surface area contributed by atoms with E-state index in [1.165, 1.54) is 4.68 Å². The van der Waals surface area contributed by atoms with Gasteiger partial charge in [0.25, 0.3) is 0 Å². The number of aromatic carboxylic acids is 1. The molecule has 0 radical (unpaired) electrons. The zero-order valence-electron chi connectivity index (χ0n) is 12.3. The summed E-state index contributed by atoms with van der Waals surface area (Å²) in [6.07, 6.45) is 2.26. The van der Waals surface area contributed by atoms with Crippen molar-refractivity contribution in [2.75, 3.05) is 13.1 Å².